The molecular weight excluding hydrogens is 238 g/mol. The second kappa shape index (κ2) is 9.90. The summed E-state index contributed by atoms with van der Waals surface area (Å²) in [6.07, 6.45) is 0. The van der Waals surface area contributed by atoms with Gasteiger partial charge in [0.1, 0.15) is 0 Å². The number of carbonyl (C=O) groups is 1. The van der Waals surface area contributed by atoms with Gasteiger partial charge in [0.25, 0.3) is 5.97 Å². The van der Waals surface area contributed by atoms with E-state index in [4.69, 9.17) is 9.90 Å². The maximum atomic E-state index is 9.00. The van der Waals surface area contributed by atoms with Crippen LogP contribution in [0, 0.1) is 38.6 Å². The van der Waals surface area contributed by atoms with Crippen LogP contribution in [0.15, 0.2) is 0 Å². The maximum absolute atomic E-state index is 9.00. The zero-order valence-corrected chi connectivity index (χ0v) is 4.83. The van der Waals surface area contributed by atoms with Gasteiger partial charge in [0.15, 0.2) is 0 Å². The monoisotopic (exact) mass is 243 g/mol. The van der Waals surface area contributed by atoms with Crippen LogP contribution in [0.2, 0.25) is 0 Å². The molecule has 6 heavy (non-hydrogen) atoms. The SMILES string of the molecule is CC(=O)O.[NaH].[Tb]. The first-order valence-electron chi connectivity index (χ1n) is 0.928. The Morgan fingerprint density at radius 3 is 1.67 bits per heavy atom. The van der Waals surface area contributed by atoms with Crippen molar-refractivity contribution in [2.75, 3.05) is 0 Å². The van der Waals surface area contributed by atoms with Crippen LogP contribution in [0.3, 0.4) is 0 Å². The van der Waals surface area contributed by atoms with Gasteiger partial charge in [-0.3, -0.25) is 4.79 Å². The van der Waals surface area contributed by atoms with Gasteiger partial charge in [-0.05, 0) is 0 Å². The fourth-order valence-electron chi connectivity index (χ4n) is 0. The van der Waals surface area contributed by atoms with E-state index < -0.39 is 5.97 Å². The van der Waals surface area contributed by atoms with E-state index in [-0.39, 0.29) is 68.2 Å². The summed E-state index contributed by atoms with van der Waals surface area (Å²) in [6.45, 7) is 1.08. The van der Waals surface area contributed by atoms with Crippen LogP contribution in [0.25, 0.3) is 0 Å². The fourth-order valence-corrected chi connectivity index (χ4v) is 0. The number of hydrogen-bond donors (Lipinski definition) is 1. The molecule has 0 aliphatic heterocycles. The first kappa shape index (κ1) is 15.7. The Bertz CT molecular complexity index is 34.5. The molecule has 0 aromatic heterocycles. The molecule has 0 saturated carbocycles. The predicted octanol–water partition coefficient (Wildman–Crippen LogP) is -0.558. The van der Waals surface area contributed by atoms with Crippen molar-refractivity contribution >= 4 is 35.5 Å². The van der Waals surface area contributed by atoms with Gasteiger partial charge in [-0.25, -0.2) is 0 Å². The van der Waals surface area contributed by atoms with E-state index in [1.807, 2.05) is 0 Å². The molecule has 0 aromatic rings. The van der Waals surface area contributed by atoms with Crippen molar-refractivity contribution in [3.05, 3.63) is 0 Å². The molecule has 1 N–H and O–H groups in total. The molecule has 0 aromatic carbocycles. The van der Waals surface area contributed by atoms with Crippen molar-refractivity contribution in [2.45, 2.75) is 6.92 Å². The number of carboxylic acid groups (broad SMARTS) is 1. The third kappa shape index (κ3) is 42.2. The summed E-state index contributed by atoms with van der Waals surface area (Å²) in [4.78, 5) is 9.00. The Labute approximate surface area is 89.4 Å². The average Bonchev–Trinajstić information content (AvgIpc) is 0.811. The molecule has 0 unspecified atom stereocenters. The molecule has 0 bridgehead atoms. The van der Waals surface area contributed by atoms with Crippen molar-refractivity contribution in [2.24, 2.45) is 0 Å². The van der Waals surface area contributed by atoms with E-state index in [1.54, 1.807) is 0 Å². The molecule has 0 heterocycles. The Morgan fingerprint density at radius 2 is 1.67 bits per heavy atom. The fraction of sp³-hybridized carbons (Fsp3) is 0.500. The molecule has 35 valence electrons. The van der Waals surface area contributed by atoms with Crippen LogP contribution in [0.5, 0.6) is 0 Å². The second-order valence-electron chi connectivity index (χ2n) is 0.519. The summed E-state index contributed by atoms with van der Waals surface area (Å²) in [5.41, 5.74) is 0. The first-order valence-corrected chi connectivity index (χ1v) is 0.928. The Kier molecular flexibility index (Phi) is 25.8. The molecule has 0 aliphatic carbocycles. The van der Waals surface area contributed by atoms with Gasteiger partial charge in [0.05, 0.1) is 0 Å². The largest absolute Gasteiger partial charge is 0 e. The zero-order chi connectivity index (χ0) is 3.58. The molecule has 0 amide bonds. The van der Waals surface area contributed by atoms with Crippen LogP contribution in [0.4, 0.5) is 0 Å². The van der Waals surface area contributed by atoms with Crippen molar-refractivity contribution in [3.8, 4) is 0 Å². The van der Waals surface area contributed by atoms with Gasteiger partial charge in [0.2, 0.25) is 0 Å². The molecule has 2 nitrogen and oxygen atoms in total. The number of rotatable bonds is 0. The van der Waals surface area contributed by atoms with Gasteiger partial charge in [0, 0.05) is 45.5 Å². The molecule has 0 aliphatic rings. The minimum absolute atomic E-state index is 0. The normalized spacial score (nSPS) is 4.17. The van der Waals surface area contributed by atoms with Gasteiger partial charge in [-0.2, -0.15) is 0 Å². The predicted molar refractivity (Wildman–Crippen MR) is 20.5 cm³/mol. The number of carboxylic acids is 1. The van der Waals surface area contributed by atoms with Crippen molar-refractivity contribution in [1.82, 2.24) is 0 Å². The minimum Gasteiger partial charge on any atom is 0 e. The van der Waals surface area contributed by atoms with Crippen LogP contribution in [-0.2, 0) is 4.79 Å². The third-order valence-corrected chi connectivity index (χ3v) is 0. The van der Waals surface area contributed by atoms with Crippen molar-refractivity contribution in [1.29, 1.82) is 0 Å². The number of hydrogen-bond acceptors (Lipinski definition) is 1. The maximum Gasteiger partial charge on any atom is 0 e. The van der Waals surface area contributed by atoms with Crippen molar-refractivity contribution < 1.29 is 48.5 Å². The Hall–Kier alpha value is 1.76. The standard InChI is InChI=1S/C2H4O2.Na.Tb.H/c1-2(3)4;;;/h1H3,(H,3,4);;;. The van der Waals surface area contributed by atoms with E-state index in [2.05, 4.69) is 0 Å². The van der Waals surface area contributed by atoms with Crippen LogP contribution >= 0.6 is 0 Å². The van der Waals surface area contributed by atoms with Gasteiger partial charge in [-0.15, -0.1) is 0 Å². The van der Waals surface area contributed by atoms with E-state index in [0.29, 0.717) is 0 Å². The summed E-state index contributed by atoms with van der Waals surface area (Å²) < 4.78 is 0. The van der Waals surface area contributed by atoms with E-state index >= 15 is 0 Å². The Balaban J connectivity index is -0.0000000450. The molecule has 0 fully saturated rings. The zero-order valence-electron chi connectivity index (χ0n) is 2.69. The summed E-state index contributed by atoms with van der Waals surface area (Å²) in [5, 5.41) is 7.42. The molecule has 0 saturated heterocycles. The molecule has 0 atom stereocenters. The third-order valence-electron chi connectivity index (χ3n) is 0. The number of aliphatic carboxylic acids is 1. The summed E-state index contributed by atoms with van der Waals surface area (Å²) >= 11 is 0. The van der Waals surface area contributed by atoms with Crippen LogP contribution < -0.4 is 0 Å². The van der Waals surface area contributed by atoms with E-state index in [1.165, 1.54) is 0 Å². The summed E-state index contributed by atoms with van der Waals surface area (Å²) in [7, 11) is 0. The van der Waals surface area contributed by atoms with Gasteiger partial charge < -0.3 is 5.11 Å². The summed E-state index contributed by atoms with van der Waals surface area (Å²) in [5.74, 6) is -0.833. The molecule has 0 spiro atoms. The summed E-state index contributed by atoms with van der Waals surface area (Å²) in [6, 6.07) is 0. The van der Waals surface area contributed by atoms with Crippen LogP contribution in [0.1, 0.15) is 6.92 Å². The first-order chi connectivity index (χ1) is 1.73. The Morgan fingerprint density at radius 1 is 1.67 bits per heavy atom. The van der Waals surface area contributed by atoms with Crippen molar-refractivity contribution in [3.63, 3.8) is 0 Å². The molecule has 1 radical (unpaired) electrons. The smallest absolute Gasteiger partial charge is 0 e. The van der Waals surface area contributed by atoms with Gasteiger partial charge in [-0.1, -0.05) is 0 Å². The second-order valence-corrected chi connectivity index (χ2v) is 0.519. The van der Waals surface area contributed by atoms with E-state index in [9.17, 15) is 0 Å². The van der Waals surface area contributed by atoms with Gasteiger partial charge >= 0.3 is 29.6 Å². The molecule has 0 rings (SSSR count). The van der Waals surface area contributed by atoms with E-state index in [0.717, 1.165) is 6.92 Å². The molecule has 4 heteroatoms. The quantitative estimate of drug-likeness (QED) is 0.579. The minimum atomic E-state index is -0.833. The van der Waals surface area contributed by atoms with Crippen LogP contribution in [-0.4, -0.2) is 40.6 Å². The average molecular weight is 243 g/mol. The topological polar surface area (TPSA) is 37.3 Å². The molecular formula is C2H5NaO2Tb.